The molecule has 2 heteroatoms. The van der Waals surface area contributed by atoms with Crippen LogP contribution in [0.3, 0.4) is 0 Å². The van der Waals surface area contributed by atoms with E-state index in [1.165, 1.54) is 6.92 Å². The predicted molar refractivity (Wildman–Crippen MR) is 39.6 cm³/mol. The van der Waals surface area contributed by atoms with Crippen molar-refractivity contribution in [2.24, 2.45) is 5.92 Å². The molecule has 0 fully saturated rings. The molecule has 2 atom stereocenters. The highest BCUT2D eigenvalue weighted by molar-refractivity contribution is 4.57. The number of hydrogen-bond acceptors (Lipinski definition) is 0. The first-order valence-electron chi connectivity index (χ1n) is 3.90. The summed E-state index contributed by atoms with van der Waals surface area (Å²) in [6.07, 6.45) is 1.23. The fourth-order valence-electron chi connectivity index (χ4n) is 0.856. The van der Waals surface area contributed by atoms with Crippen LogP contribution in [0.15, 0.2) is 0 Å². The summed E-state index contributed by atoms with van der Waals surface area (Å²) in [5.41, 5.74) is 0. The maximum absolute atomic E-state index is 12.2. The third-order valence-corrected chi connectivity index (χ3v) is 1.77. The second-order valence-electron chi connectivity index (χ2n) is 2.79. The van der Waals surface area contributed by atoms with Gasteiger partial charge in [-0.3, -0.25) is 4.39 Å². The molecule has 0 aliphatic rings. The summed E-state index contributed by atoms with van der Waals surface area (Å²) in [5, 5.41) is 0. The van der Waals surface area contributed by atoms with Crippen molar-refractivity contribution in [1.29, 1.82) is 0 Å². The molecule has 0 unspecified atom stereocenters. The molecular weight excluding hydrogens is 134 g/mol. The molecular formula is C8H16F2. The summed E-state index contributed by atoms with van der Waals surface area (Å²) in [6, 6.07) is 0. The second kappa shape index (κ2) is 5.63. The Kier molecular flexibility index (Phi) is 5.55. The summed E-state index contributed by atoms with van der Waals surface area (Å²) >= 11 is 0. The molecule has 0 aliphatic carbocycles. The Morgan fingerprint density at radius 2 is 1.90 bits per heavy atom. The smallest absolute Gasteiger partial charge is 0.0973 e. The summed E-state index contributed by atoms with van der Waals surface area (Å²) in [7, 11) is 0. The molecule has 0 saturated carbocycles. The van der Waals surface area contributed by atoms with Crippen LogP contribution >= 0.6 is 0 Å². The lowest BCUT2D eigenvalue weighted by atomic mass is 10.0. The second-order valence-corrected chi connectivity index (χ2v) is 2.79. The first kappa shape index (κ1) is 9.86. The lowest BCUT2D eigenvalue weighted by Gasteiger charge is -2.09. The summed E-state index contributed by atoms with van der Waals surface area (Å²) in [6.45, 7) is 3.15. The Labute approximate surface area is 61.6 Å². The molecule has 62 valence electrons. The van der Waals surface area contributed by atoms with E-state index in [4.69, 9.17) is 0 Å². The molecule has 0 N–H and O–H groups in total. The molecule has 0 bridgehead atoms. The van der Waals surface area contributed by atoms with Crippen LogP contribution in [0.4, 0.5) is 8.78 Å². The Morgan fingerprint density at radius 1 is 1.30 bits per heavy atom. The van der Waals surface area contributed by atoms with Gasteiger partial charge in [0.05, 0.1) is 12.8 Å². The zero-order chi connectivity index (χ0) is 7.98. The average Bonchev–Trinajstić information content (AvgIpc) is 1.90. The van der Waals surface area contributed by atoms with Crippen LogP contribution in [0.1, 0.15) is 33.1 Å². The highest BCUT2D eigenvalue weighted by Gasteiger charge is 2.07. The minimum Gasteiger partial charge on any atom is -0.251 e. The predicted octanol–water partition coefficient (Wildman–Crippen LogP) is 3.12. The molecule has 0 heterocycles. The van der Waals surface area contributed by atoms with Gasteiger partial charge in [-0.25, -0.2) is 4.39 Å². The lowest BCUT2D eigenvalue weighted by Crippen LogP contribution is -2.04. The van der Waals surface area contributed by atoms with Gasteiger partial charge in [-0.05, 0) is 25.7 Å². The Bertz CT molecular complexity index is 67.7. The van der Waals surface area contributed by atoms with Crippen LogP contribution in [0.2, 0.25) is 0 Å². The molecule has 0 aliphatic heterocycles. The monoisotopic (exact) mass is 150 g/mol. The van der Waals surface area contributed by atoms with E-state index in [0.717, 1.165) is 6.42 Å². The van der Waals surface area contributed by atoms with Gasteiger partial charge in [-0.2, -0.15) is 0 Å². The van der Waals surface area contributed by atoms with Crippen molar-refractivity contribution in [1.82, 2.24) is 0 Å². The van der Waals surface area contributed by atoms with Crippen molar-refractivity contribution >= 4 is 0 Å². The SMILES string of the molecule is CC[C@H](CF)CC[C@H](C)F. The van der Waals surface area contributed by atoms with E-state index < -0.39 is 6.17 Å². The standard InChI is InChI=1S/C8H16F2/c1-3-8(6-9)5-4-7(2)10/h7-8H,3-6H2,1-2H3/t7-,8-/m0/s1. The van der Waals surface area contributed by atoms with Gasteiger partial charge in [0.25, 0.3) is 0 Å². The summed E-state index contributed by atoms with van der Waals surface area (Å²) in [5.74, 6) is 0.0817. The number of halogens is 2. The molecule has 0 amide bonds. The van der Waals surface area contributed by atoms with Gasteiger partial charge in [0.2, 0.25) is 0 Å². The Hall–Kier alpha value is -0.140. The van der Waals surface area contributed by atoms with Crippen molar-refractivity contribution in [3.63, 3.8) is 0 Å². The van der Waals surface area contributed by atoms with Gasteiger partial charge in [0, 0.05) is 0 Å². The average molecular weight is 150 g/mol. The highest BCUT2D eigenvalue weighted by Crippen LogP contribution is 2.13. The van der Waals surface area contributed by atoms with Gasteiger partial charge in [-0.15, -0.1) is 0 Å². The molecule has 0 rings (SSSR count). The van der Waals surface area contributed by atoms with E-state index in [9.17, 15) is 8.78 Å². The zero-order valence-electron chi connectivity index (χ0n) is 6.74. The van der Waals surface area contributed by atoms with Gasteiger partial charge in [0.1, 0.15) is 0 Å². The number of alkyl halides is 2. The van der Waals surface area contributed by atoms with Crippen molar-refractivity contribution in [2.75, 3.05) is 6.67 Å². The van der Waals surface area contributed by atoms with Gasteiger partial charge in [0.15, 0.2) is 0 Å². The maximum Gasteiger partial charge on any atom is 0.0973 e. The summed E-state index contributed by atoms with van der Waals surface area (Å²) < 4.78 is 24.2. The topological polar surface area (TPSA) is 0 Å². The first-order chi connectivity index (χ1) is 4.70. The van der Waals surface area contributed by atoms with Gasteiger partial charge < -0.3 is 0 Å². The van der Waals surface area contributed by atoms with E-state index in [1.54, 1.807) is 0 Å². The zero-order valence-corrected chi connectivity index (χ0v) is 6.74. The van der Waals surface area contributed by atoms with Crippen LogP contribution < -0.4 is 0 Å². The molecule has 0 nitrogen and oxygen atoms in total. The fraction of sp³-hybridized carbons (Fsp3) is 1.00. The molecule has 0 radical (unpaired) electrons. The Balaban J connectivity index is 3.26. The van der Waals surface area contributed by atoms with Crippen molar-refractivity contribution in [2.45, 2.75) is 39.3 Å². The molecule has 0 spiro atoms. The molecule has 0 saturated heterocycles. The molecule has 0 aromatic carbocycles. The van der Waals surface area contributed by atoms with E-state index in [1.807, 2.05) is 6.92 Å². The normalized spacial score (nSPS) is 16.8. The number of hydrogen-bond donors (Lipinski definition) is 0. The quantitative estimate of drug-likeness (QED) is 0.565. The third kappa shape index (κ3) is 4.71. The summed E-state index contributed by atoms with van der Waals surface area (Å²) in [4.78, 5) is 0. The van der Waals surface area contributed by atoms with E-state index in [0.29, 0.717) is 12.8 Å². The van der Waals surface area contributed by atoms with Crippen LogP contribution in [-0.2, 0) is 0 Å². The van der Waals surface area contributed by atoms with Gasteiger partial charge in [-0.1, -0.05) is 13.3 Å². The van der Waals surface area contributed by atoms with Crippen LogP contribution in [0.5, 0.6) is 0 Å². The van der Waals surface area contributed by atoms with E-state index in [-0.39, 0.29) is 12.6 Å². The molecule has 0 aromatic rings. The van der Waals surface area contributed by atoms with Crippen molar-refractivity contribution in [3.8, 4) is 0 Å². The van der Waals surface area contributed by atoms with Crippen LogP contribution in [0.25, 0.3) is 0 Å². The fourth-order valence-corrected chi connectivity index (χ4v) is 0.856. The molecule has 0 aromatic heterocycles. The van der Waals surface area contributed by atoms with Crippen molar-refractivity contribution in [3.05, 3.63) is 0 Å². The van der Waals surface area contributed by atoms with E-state index >= 15 is 0 Å². The van der Waals surface area contributed by atoms with Gasteiger partial charge >= 0.3 is 0 Å². The minimum absolute atomic E-state index is 0.0817. The highest BCUT2D eigenvalue weighted by atomic mass is 19.1. The van der Waals surface area contributed by atoms with Crippen LogP contribution in [-0.4, -0.2) is 12.8 Å². The lowest BCUT2D eigenvalue weighted by molar-refractivity contribution is 0.275. The largest absolute Gasteiger partial charge is 0.251 e. The third-order valence-electron chi connectivity index (χ3n) is 1.77. The van der Waals surface area contributed by atoms with Crippen molar-refractivity contribution < 1.29 is 8.78 Å². The Morgan fingerprint density at radius 3 is 2.20 bits per heavy atom. The molecule has 10 heavy (non-hydrogen) atoms. The first-order valence-corrected chi connectivity index (χ1v) is 3.90. The number of rotatable bonds is 5. The minimum atomic E-state index is -0.777. The maximum atomic E-state index is 12.2. The van der Waals surface area contributed by atoms with E-state index in [2.05, 4.69) is 0 Å². The van der Waals surface area contributed by atoms with Crippen LogP contribution in [0, 0.1) is 5.92 Å².